The summed E-state index contributed by atoms with van der Waals surface area (Å²) < 4.78 is 0. The van der Waals surface area contributed by atoms with Gasteiger partial charge in [-0.1, -0.05) is 0 Å². The third kappa shape index (κ3) is 3.29. The minimum atomic E-state index is 0.319. The average Bonchev–Trinajstić information content (AvgIpc) is 3.24. The van der Waals surface area contributed by atoms with Crippen molar-refractivity contribution in [2.24, 2.45) is 0 Å². The third-order valence-electron chi connectivity index (χ3n) is 4.03. The van der Waals surface area contributed by atoms with E-state index in [1.165, 1.54) is 12.8 Å². The van der Waals surface area contributed by atoms with Gasteiger partial charge in [-0.05, 0) is 33.0 Å². The molecule has 0 aromatic carbocycles. The molecule has 1 N–H and O–H groups in total. The zero-order chi connectivity index (χ0) is 13.2. The molecule has 1 aliphatic heterocycles. The number of hydrogen-bond acceptors (Lipinski definition) is 5. The van der Waals surface area contributed by atoms with Crippen molar-refractivity contribution in [2.45, 2.75) is 31.5 Å². The topological polar surface area (TPSA) is 44.3 Å². The summed E-state index contributed by atoms with van der Waals surface area (Å²) in [4.78, 5) is 13.9. The van der Waals surface area contributed by atoms with Crippen molar-refractivity contribution in [3.63, 3.8) is 0 Å². The lowest BCUT2D eigenvalue weighted by Crippen LogP contribution is -2.45. The van der Waals surface area contributed by atoms with Crippen molar-refractivity contribution in [3.05, 3.63) is 23.8 Å². The maximum Gasteiger partial charge on any atom is 0.146 e. The summed E-state index contributed by atoms with van der Waals surface area (Å²) in [5.41, 5.74) is 1.11. The molecular weight excluding hydrogens is 238 g/mol. The Kier molecular flexibility index (Phi) is 3.77. The number of hydrogen-bond donors (Lipinski definition) is 1. The van der Waals surface area contributed by atoms with Crippen LogP contribution in [-0.4, -0.2) is 59.5 Å². The SMILES string of the molecule is CN1CCN(C)C(c2nccc(CNC3CC3)n2)C1. The average molecular weight is 261 g/mol. The fraction of sp³-hybridized carbons (Fsp3) is 0.714. The van der Waals surface area contributed by atoms with Crippen molar-refractivity contribution < 1.29 is 0 Å². The summed E-state index contributed by atoms with van der Waals surface area (Å²) in [5, 5.41) is 3.51. The molecule has 0 bridgehead atoms. The van der Waals surface area contributed by atoms with E-state index < -0.39 is 0 Å². The molecule has 2 heterocycles. The Hall–Kier alpha value is -1.04. The molecule has 1 atom stereocenters. The molecule has 5 heteroatoms. The van der Waals surface area contributed by atoms with E-state index in [2.05, 4.69) is 34.2 Å². The molecule has 2 fully saturated rings. The first kappa shape index (κ1) is 13.0. The third-order valence-corrected chi connectivity index (χ3v) is 4.03. The molecule has 0 spiro atoms. The molecule has 0 amide bonds. The second-order valence-electron chi connectivity index (χ2n) is 5.82. The molecule has 1 aliphatic carbocycles. The van der Waals surface area contributed by atoms with Crippen LogP contribution >= 0.6 is 0 Å². The second kappa shape index (κ2) is 5.53. The molecule has 104 valence electrons. The highest BCUT2D eigenvalue weighted by Crippen LogP contribution is 2.21. The molecule has 1 aromatic rings. The lowest BCUT2D eigenvalue weighted by molar-refractivity contribution is 0.109. The van der Waals surface area contributed by atoms with E-state index >= 15 is 0 Å². The summed E-state index contributed by atoms with van der Waals surface area (Å²) in [5.74, 6) is 0.962. The van der Waals surface area contributed by atoms with Crippen molar-refractivity contribution >= 4 is 0 Å². The van der Waals surface area contributed by atoms with Crippen molar-refractivity contribution in [3.8, 4) is 0 Å². The van der Waals surface area contributed by atoms with Gasteiger partial charge in [-0.25, -0.2) is 9.97 Å². The lowest BCUT2D eigenvalue weighted by atomic mass is 10.1. The number of rotatable bonds is 4. The molecular formula is C14H23N5. The molecule has 1 unspecified atom stereocenters. The first-order chi connectivity index (χ1) is 9.22. The first-order valence-electron chi connectivity index (χ1n) is 7.16. The molecule has 1 aromatic heterocycles. The Morgan fingerprint density at radius 2 is 2.16 bits per heavy atom. The first-order valence-corrected chi connectivity index (χ1v) is 7.16. The zero-order valence-corrected chi connectivity index (χ0v) is 11.8. The smallest absolute Gasteiger partial charge is 0.146 e. The summed E-state index contributed by atoms with van der Waals surface area (Å²) in [6.45, 7) is 4.08. The minimum Gasteiger partial charge on any atom is -0.308 e. The van der Waals surface area contributed by atoms with Crippen LogP contribution in [0.15, 0.2) is 12.3 Å². The van der Waals surface area contributed by atoms with Gasteiger partial charge in [0, 0.05) is 38.4 Å². The standard InChI is InChI=1S/C14H23N5/c1-18-7-8-19(2)13(10-18)14-15-6-5-12(17-14)9-16-11-3-4-11/h5-6,11,13,16H,3-4,7-10H2,1-2H3. The van der Waals surface area contributed by atoms with Crippen LogP contribution in [0, 0.1) is 0 Å². The molecule has 19 heavy (non-hydrogen) atoms. The molecule has 1 saturated carbocycles. The molecule has 5 nitrogen and oxygen atoms in total. The predicted octanol–water partition coefficient (Wildman–Crippen LogP) is 0.647. The summed E-state index contributed by atoms with van der Waals surface area (Å²) >= 11 is 0. The van der Waals surface area contributed by atoms with Crippen LogP contribution in [-0.2, 0) is 6.54 Å². The highest BCUT2D eigenvalue weighted by atomic mass is 15.3. The predicted molar refractivity (Wildman–Crippen MR) is 74.8 cm³/mol. The number of aromatic nitrogens is 2. The van der Waals surface area contributed by atoms with Crippen molar-refractivity contribution in [1.29, 1.82) is 0 Å². The summed E-state index contributed by atoms with van der Waals surface area (Å²) in [7, 11) is 4.33. The van der Waals surface area contributed by atoms with Crippen LogP contribution < -0.4 is 5.32 Å². The van der Waals surface area contributed by atoms with Gasteiger partial charge in [0.15, 0.2) is 0 Å². The van der Waals surface area contributed by atoms with Crippen LogP contribution in [0.3, 0.4) is 0 Å². The molecule has 1 saturated heterocycles. The Morgan fingerprint density at radius 3 is 2.95 bits per heavy atom. The van der Waals surface area contributed by atoms with Gasteiger partial charge >= 0.3 is 0 Å². The van der Waals surface area contributed by atoms with Crippen LogP contribution in [0.5, 0.6) is 0 Å². The van der Waals surface area contributed by atoms with Gasteiger partial charge in [-0.3, -0.25) is 4.90 Å². The maximum atomic E-state index is 4.74. The highest BCUT2D eigenvalue weighted by Gasteiger charge is 2.26. The van der Waals surface area contributed by atoms with E-state index in [0.717, 1.165) is 43.7 Å². The Morgan fingerprint density at radius 1 is 1.32 bits per heavy atom. The number of likely N-dealkylation sites (N-methyl/N-ethyl adjacent to an activating group) is 2. The lowest BCUT2D eigenvalue weighted by Gasteiger charge is -2.36. The Labute approximate surface area is 115 Å². The van der Waals surface area contributed by atoms with E-state index in [9.17, 15) is 0 Å². The van der Waals surface area contributed by atoms with E-state index in [1.54, 1.807) is 0 Å². The van der Waals surface area contributed by atoms with E-state index in [4.69, 9.17) is 4.98 Å². The zero-order valence-electron chi connectivity index (χ0n) is 11.8. The second-order valence-corrected chi connectivity index (χ2v) is 5.82. The minimum absolute atomic E-state index is 0.319. The fourth-order valence-corrected chi connectivity index (χ4v) is 2.50. The maximum absolute atomic E-state index is 4.74. The van der Waals surface area contributed by atoms with Gasteiger partial charge in [0.05, 0.1) is 11.7 Å². The summed E-state index contributed by atoms with van der Waals surface area (Å²) in [6, 6.07) is 3.06. The van der Waals surface area contributed by atoms with Crippen LogP contribution in [0.2, 0.25) is 0 Å². The molecule has 2 aliphatic rings. The number of nitrogens with one attached hydrogen (secondary N) is 1. The van der Waals surface area contributed by atoms with Crippen molar-refractivity contribution in [2.75, 3.05) is 33.7 Å². The van der Waals surface area contributed by atoms with E-state index in [1.807, 2.05) is 12.3 Å². The van der Waals surface area contributed by atoms with Crippen LogP contribution in [0.1, 0.15) is 30.4 Å². The summed E-state index contributed by atoms with van der Waals surface area (Å²) in [6.07, 6.45) is 4.52. The van der Waals surface area contributed by atoms with Crippen LogP contribution in [0.4, 0.5) is 0 Å². The van der Waals surface area contributed by atoms with Gasteiger partial charge in [0.1, 0.15) is 5.82 Å². The van der Waals surface area contributed by atoms with E-state index in [-0.39, 0.29) is 0 Å². The Bertz CT molecular complexity index is 432. The van der Waals surface area contributed by atoms with Gasteiger partial charge in [0.25, 0.3) is 0 Å². The van der Waals surface area contributed by atoms with Gasteiger partial charge in [-0.15, -0.1) is 0 Å². The highest BCUT2D eigenvalue weighted by molar-refractivity contribution is 5.07. The Balaban J connectivity index is 1.69. The van der Waals surface area contributed by atoms with Gasteiger partial charge in [0.2, 0.25) is 0 Å². The van der Waals surface area contributed by atoms with Crippen molar-refractivity contribution in [1.82, 2.24) is 25.1 Å². The van der Waals surface area contributed by atoms with Gasteiger partial charge in [-0.2, -0.15) is 0 Å². The molecule has 0 radical (unpaired) electrons. The number of nitrogens with zero attached hydrogens (tertiary/aromatic N) is 4. The number of piperazine rings is 1. The quantitative estimate of drug-likeness (QED) is 0.862. The van der Waals surface area contributed by atoms with E-state index in [0.29, 0.717) is 6.04 Å². The van der Waals surface area contributed by atoms with Crippen LogP contribution in [0.25, 0.3) is 0 Å². The fourth-order valence-electron chi connectivity index (χ4n) is 2.50. The monoisotopic (exact) mass is 261 g/mol. The molecule has 3 rings (SSSR count). The van der Waals surface area contributed by atoms with Gasteiger partial charge < -0.3 is 10.2 Å². The largest absolute Gasteiger partial charge is 0.308 e. The normalized spacial score (nSPS) is 25.7.